The maximum absolute atomic E-state index is 12.6. The lowest BCUT2D eigenvalue weighted by Gasteiger charge is -2.41. The molecule has 0 bridgehead atoms. The van der Waals surface area contributed by atoms with Gasteiger partial charge in [-0.05, 0) is 76.6 Å². The summed E-state index contributed by atoms with van der Waals surface area (Å²) in [7, 11) is 2.14. The molecule has 1 amide bonds. The highest BCUT2D eigenvalue weighted by Gasteiger charge is 2.31. The van der Waals surface area contributed by atoms with Crippen LogP contribution >= 0.6 is 0 Å². The van der Waals surface area contributed by atoms with Crippen LogP contribution < -0.4 is 5.32 Å². The van der Waals surface area contributed by atoms with Gasteiger partial charge in [-0.25, -0.2) is 0 Å². The summed E-state index contributed by atoms with van der Waals surface area (Å²) in [4.78, 5) is 17.2. The van der Waals surface area contributed by atoms with Crippen molar-refractivity contribution in [1.82, 2.24) is 15.1 Å². The summed E-state index contributed by atoms with van der Waals surface area (Å²) in [5.74, 6) is -0.297. The predicted molar refractivity (Wildman–Crippen MR) is 94.0 cm³/mol. The van der Waals surface area contributed by atoms with Crippen molar-refractivity contribution in [1.29, 1.82) is 0 Å². The van der Waals surface area contributed by atoms with Crippen molar-refractivity contribution in [3.63, 3.8) is 0 Å². The number of halogens is 3. The van der Waals surface area contributed by atoms with E-state index in [1.165, 1.54) is 12.1 Å². The summed E-state index contributed by atoms with van der Waals surface area (Å²) in [6.45, 7) is 4.08. The Morgan fingerprint density at radius 3 is 2.35 bits per heavy atom. The molecule has 1 atom stereocenters. The third kappa shape index (κ3) is 4.76. The second-order valence-corrected chi connectivity index (χ2v) is 7.42. The fourth-order valence-electron chi connectivity index (χ4n) is 3.90. The first-order chi connectivity index (χ1) is 12.3. The number of piperidine rings is 2. The zero-order valence-electron chi connectivity index (χ0n) is 15.1. The van der Waals surface area contributed by atoms with E-state index in [1.807, 2.05) is 0 Å². The van der Waals surface area contributed by atoms with Crippen molar-refractivity contribution < 1.29 is 18.0 Å². The average Bonchev–Trinajstić information content (AvgIpc) is 2.62. The van der Waals surface area contributed by atoms with E-state index in [0.717, 1.165) is 64.0 Å². The van der Waals surface area contributed by atoms with E-state index in [2.05, 4.69) is 22.2 Å². The average molecular weight is 369 g/mol. The van der Waals surface area contributed by atoms with Crippen LogP contribution in [0.1, 0.15) is 41.6 Å². The fraction of sp³-hybridized carbons (Fsp3) is 0.632. The molecule has 2 aliphatic heterocycles. The summed E-state index contributed by atoms with van der Waals surface area (Å²) in [5, 5.41) is 3.00. The van der Waals surface area contributed by atoms with Gasteiger partial charge in [-0.15, -0.1) is 0 Å². The van der Waals surface area contributed by atoms with Crippen LogP contribution in [0.25, 0.3) is 0 Å². The number of likely N-dealkylation sites (tertiary alicyclic amines) is 2. The second-order valence-electron chi connectivity index (χ2n) is 7.42. The highest BCUT2D eigenvalue weighted by Crippen LogP contribution is 2.29. The molecular weight excluding hydrogens is 343 g/mol. The molecule has 4 nitrogen and oxygen atoms in total. The minimum atomic E-state index is -4.38. The van der Waals surface area contributed by atoms with E-state index in [1.54, 1.807) is 0 Å². The maximum atomic E-state index is 12.6. The van der Waals surface area contributed by atoms with Gasteiger partial charge in [-0.1, -0.05) is 0 Å². The summed E-state index contributed by atoms with van der Waals surface area (Å²) >= 11 is 0. The van der Waals surface area contributed by atoms with Crippen molar-refractivity contribution in [2.45, 2.75) is 43.9 Å². The molecule has 144 valence electrons. The van der Waals surface area contributed by atoms with Gasteiger partial charge < -0.3 is 10.2 Å². The first-order valence-electron chi connectivity index (χ1n) is 9.23. The number of benzene rings is 1. The lowest BCUT2D eigenvalue weighted by Crippen LogP contribution is -2.53. The molecule has 2 fully saturated rings. The molecule has 0 radical (unpaired) electrons. The Labute approximate surface area is 152 Å². The van der Waals surface area contributed by atoms with E-state index < -0.39 is 11.7 Å². The molecule has 1 aromatic carbocycles. The summed E-state index contributed by atoms with van der Waals surface area (Å²) in [6.07, 6.45) is -0.140. The SMILES string of the molecule is CN1CCC(N2CCCC(NC(=O)c3ccc(C(F)(F)F)cc3)C2)CC1. The number of alkyl halides is 3. The molecular formula is C19H26F3N3O. The van der Waals surface area contributed by atoms with E-state index in [4.69, 9.17) is 0 Å². The Balaban J connectivity index is 1.55. The van der Waals surface area contributed by atoms with Gasteiger partial charge >= 0.3 is 6.18 Å². The fourth-order valence-corrected chi connectivity index (χ4v) is 3.90. The maximum Gasteiger partial charge on any atom is 0.416 e. The van der Waals surface area contributed by atoms with Crippen LogP contribution in [0.5, 0.6) is 0 Å². The van der Waals surface area contributed by atoms with E-state index in [0.29, 0.717) is 6.04 Å². The van der Waals surface area contributed by atoms with Crippen LogP contribution in [0.15, 0.2) is 24.3 Å². The highest BCUT2D eigenvalue weighted by molar-refractivity contribution is 5.94. The topological polar surface area (TPSA) is 35.6 Å². The lowest BCUT2D eigenvalue weighted by atomic mass is 9.98. The van der Waals surface area contributed by atoms with Crippen LogP contribution in [0, 0.1) is 0 Å². The molecule has 26 heavy (non-hydrogen) atoms. The Bertz CT molecular complexity index is 609. The monoisotopic (exact) mass is 369 g/mol. The van der Waals surface area contributed by atoms with Gasteiger partial charge in [0.05, 0.1) is 5.56 Å². The molecule has 1 N–H and O–H groups in total. The van der Waals surface area contributed by atoms with Crippen molar-refractivity contribution in [3.8, 4) is 0 Å². The summed E-state index contributed by atoms with van der Waals surface area (Å²) < 4.78 is 37.9. The van der Waals surface area contributed by atoms with Crippen LogP contribution in [0.4, 0.5) is 13.2 Å². The largest absolute Gasteiger partial charge is 0.416 e. The van der Waals surface area contributed by atoms with Crippen LogP contribution in [-0.2, 0) is 6.18 Å². The Kier molecular flexibility index (Phi) is 5.87. The van der Waals surface area contributed by atoms with Crippen molar-refractivity contribution >= 4 is 5.91 Å². The van der Waals surface area contributed by atoms with Gasteiger partial charge in [0.25, 0.3) is 5.91 Å². The Morgan fingerprint density at radius 1 is 1.08 bits per heavy atom. The molecule has 3 rings (SSSR count). The van der Waals surface area contributed by atoms with Gasteiger partial charge in [0.1, 0.15) is 0 Å². The van der Waals surface area contributed by atoms with E-state index >= 15 is 0 Å². The number of hydrogen-bond donors (Lipinski definition) is 1. The lowest BCUT2D eigenvalue weighted by molar-refractivity contribution is -0.137. The molecule has 0 saturated carbocycles. The summed E-state index contributed by atoms with van der Waals surface area (Å²) in [5.41, 5.74) is -0.463. The normalized spacial score (nSPS) is 23.8. The molecule has 2 aliphatic rings. The molecule has 2 heterocycles. The Hall–Kier alpha value is -1.60. The molecule has 1 aromatic rings. The molecule has 0 spiro atoms. The number of amides is 1. The summed E-state index contributed by atoms with van der Waals surface area (Å²) in [6, 6.07) is 5.03. The third-order valence-corrected chi connectivity index (χ3v) is 5.47. The Morgan fingerprint density at radius 2 is 1.73 bits per heavy atom. The highest BCUT2D eigenvalue weighted by atomic mass is 19.4. The predicted octanol–water partition coefficient (Wildman–Crippen LogP) is 2.99. The smallest absolute Gasteiger partial charge is 0.348 e. The standard InChI is InChI=1S/C19H26F3N3O/c1-24-11-8-17(9-12-24)25-10-2-3-16(13-25)23-18(26)14-4-6-15(7-5-14)19(20,21)22/h4-7,16-17H,2-3,8-13H2,1H3,(H,23,26). The number of nitrogens with one attached hydrogen (secondary N) is 1. The van der Waals surface area contributed by atoms with Crippen molar-refractivity contribution in [3.05, 3.63) is 35.4 Å². The number of hydrogen-bond acceptors (Lipinski definition) is 3. The molecule has 1 unspecified atom stereocenters. The van der Waals surface area contributed by atoms with E-state index in [9.17, 15) is 18.0 Å². The van der Waals surface area contributed by atoms with Gasteiger partial charge in [-0.2, -0.15) is 13.2 Å². The van der Waals surface area contributed by atoms with Crippen molar-refractivity contribution in [2.75, 3.05) is 33.2 Å². The molecule has 2 saturated heterocycles. The number of carbonyl (C=O) groups is 1. The number of rotatable bonds is 3. The van der Waals surface area contributed by atoms with Crippen LogP contribution in [0.2, 0.25) is 0 Å². The van der Waals surface area contributed by atoms with E-state index in [-0.39, 0.29) is 17.5 Å². The number of carbonyl (C=O) groups excluding carboxylic acids is 1. The zero-order chi connectivity index (χ0) is 18.7. The quantitative estimate of drug-likeness (QED) is 0.890. The third-order valence-electron chi connectivity index (χ3n) is 5.47. The van der Waals surface area contributed by atoms with Crippen LogP contribution in [0.3, 0.4) is 0 Å². The molecule has 0 aromatic heterocycles. The van der Waals surface area contributed by atoms with Crippen molar-refractivity contribution in [2.24, 2.45) is 0 Å². The minimum Gasteiger partial charge on any atom is -0.348 e. The van der Waals surface area contributed by atoms with Gasteiger partial charge in [0.2, 0.25) is 0 Å². The van der Waals surface area contributed by atoms with Gasteiger partial charge in [-0.3, -0.25) is 9.69 Å². The molecule has 7 heteroatoms. The number of nitrogens with zero attached hydrogens (tertiary/aromatic N) is 2. The molecule has 0 aliphatic carbocycles. The van der Waals surface area contributed by atoms with Gasteiger partial charge in [0, 0.05) is 24.2 Å². The first kappa shape index (κ1) is 19.2. The first-order valence-corrected chi connectivity index (χ1v) is 9.23. The second kappa shape index (κ2) is 7.96. The van der Waals surface area contributed by atoms with Crippen LogP contribution in [-0.4, -0.2) is 61.0 Å². The zero-order valence-corrected chi connectivity index (χ0v) is 15.1. The van der Waals surface area contributed by atoms with Gasteiger partial charge in [0.15, 0.2) is 0 Å². The minimum absolute atomic E-state index is 0.0539.